The number of aldehydes is 1. The first-order valence-electron chi connectivity index (χ1n) is 20.4. The summed E-state index contributed by atoms with van der Waals surface area (Å²) in [5.74, 6) is -2.82. The van der Waals surface area contributed by atoms with Crippen molar-refractivity contribution in [2.75, 3.05) is 21.2 Å². The molecule has 3 aliphatic heterocycles. The number of carbonyl (C=O) groups is 4. The molecule has 16 heteroatoms. The van der Waals surface area contributed by atoms with Crippen molar-refractivity contribution in [3.63, 3.8) is 0 Å². The van der Waals surface area contributed by atoms with Gasteiger partial charge in [0.1, 0.15) is 42.4 Å². The minimum Gasteiger partial charge on any atom is -0.462 e. The monoisotopic (exact) mass is 827 g/mol. The number of ether oxygens (including phenoxy) is 8. The van der Waals surface area contributed by atoms with Crippen molar-refractivity contribution in [3.05, 3.63) is 24.3 Å². The number of esters is 3. The van der Waals surface area contributed by atoms with Crippen molar-refractivity contribution in [1.82, 2.24) is 4.90 Å². The molecule has 0 spiro atoms. The molecular weight excluding hydrogens is 758 g/mol. The number of nitrogens with zero attached hydrogens (tertiary/aromatic N) is 1. The van der Waals surface area contributed by atoms with E-state index in [1.54, 1.807) is 71.0 Å². The molecule has 0 unspecified atom stereocenters. The van der Waals surface area contributed by atoms with Crippen molar-refractivity contribution in [3.8, 4) is 0 Å². The maximum Gasteiger partial charge on any atom is 0.309 e. The number of hydrogen-bond acceptors (Lipinski definition) is 16. The summed E-state index contributed by atoms with van der Waals surface area (Å²) in [6.45, 7) is 13.5. The Bertz CT molecular complexity index is 1390. The van der Waals surface area contributed by atoms with Crippen LogP contribution in [0.25, 0.3) is 0 Å². The van der Waals surface area contributed by atoms with Gasteiger partial charge in [-0.3, -0.25) is 14.4 Å². The molecule has 0 aromatic carbocycles. The lowest BCUT2D eigenvalue weighted by atomic mass is 9.82. The van der Waals surface area contributed by atoms with Crippen molar-refractivity contribution >= 4 is 24.2 Å². The molecule has 0 radical (unpaired) electrons. The molecule has 58 heavy (non-hydrogen) atoms. The fraction of sp³-hybridized carbons (Fsp3) is 0.810. The lowest BCUT2D eigenvalue weighted by molar-refractivity contribution is -0.344. The van der Waals surface area contributed by atoms with Gasteiger partial charge in [-0.25, -0.2) is 0 Å². The largest absolute Gasteiger partial charge is 0.462 e. The summed E-state index contributed by atoms with van der Waals surface area (Å²) in [7, 11) is 4.86. The van der Waals surface area contributed by atoms with Gasteiger partial charge in [0.25, 0.3) is 0 Å². The minimum absolute atomic E-state index is 0.0460. The normalized spacial score (nSPS) is 40.7. The molecule has 332 valence electrons. The van der Waals surface area contributed by atoms with Crippen LogP contribution in [-0.4, -0.2) is 151 Å². The fourth-order valence-electron chi connectivity index (χ4n) is 8.08. The van der Waals surface area contributed by atoms with Gasteiger partial charge in [0.05, 0.1) is 36.9 Å². The Balaban J connectivity index is 1.98. The molecule has 2 saturated heterocycles. The summed E-state index contributed by atoms with van der Waals surface area (Å²) in [6, 6.07) is -0.782. The minimum atomic E-state index is -1.50. The highest BCUT2D eigenvalue weighted by Crippen LogP contribution is 2.38. The average molecular weight is 828 g/mol. The Morgan fingerprint density at radius 2 is 1.71 bits per heavy atom. The van der Waals surface area contributed by atoms with E-state index in [1.807, 2.05) is 20.8 Å². The molecule has 0 aromatic rings. The number of likely N-dealkylation sites (N-methyl/N-ethyl adjacent to an activating group) is 1. The molecule has 0 aliphatic carbocycles. The standard InChI is InChI=1S/C42H69NO15/c1-23(2)19-32(47)56-40-27(6)53-34(22-42(40,8)50)57-37-26(5)54-41(36(49)35(37)43(9)10)58-38-29(17-18-44)20-24(3)30(46)16-14-12-13-15-25(4)52-33(48)21-31(39(38)51-11)55-28(7)45/h12-14,16,18,23-27,29-31,34-41,46,49-50H,15,17,19-22H2,1-11H3/b13-12-,16-14-/t24-,25-,26-,27+,29+,30+,31-,34-,35+,36+,37+,38+,39-,40-,41+,42+/m1/s1. The zero-order valence-corrected chi connectivity index (χ0v) is 36.1. The molecule has 0 bridgehead atoms. The SMILES string of the molecule is CO[C@H]1[C@@H](O[C@@H]2O[C@H](C)[C@H](O[C@@H]3C[C@](C)(O)[C@H](OC(=O)CC(C)C)[C@H](C)O3)[C@@H](N(C)C)[C@@H]2O)[C@@H](CC=O)C[C@@H](C)[C@@H](O)/C=C\C=C/C[C@@H](C)OC(=O)C[C@H]1OC(C)=O. The molecule has 16 nitrogen and oxygen atoms in total. The van der Waals surface area contributed by atoms with E-state index in [9.17, 15) is 34.5 Å². The molecule has 2 fully saturated rings. The summed E-state index contributed by atoms with van der Waals surface area (Å²) in [5, 5.41) is 34.6. The highest BCUT2D eigenvalue weighted by Gasteiger charge is 2.53. The first-order valence-corrected chi connectivity index (χ1v) is 20.4. The molecule has 0 aromatic heterocycles. The number of allylic oxidation sites excluding steroid dienone is 2. The first-order chi connectivity index (χ1) is 27.2. The third-order valence-electron chi connectivity index (χ3n) is 10.9. The zero-order chi connectivity index (χ0) is 43.5. The topological polar surface area (TPSA) is 206 Å². The maximum absolute atomic E-state index is 13.2. The van der Waals surface area contributed by atoms with Gasteiger partial charge >= 0.3 is 17.9 Å². The predicted molar refractivity (Wildman–Crippen MR) is 210 cm³/mol. The Morgan fingerprint density at radius 3 is 2.29 bits per heavy atom. The van der Waals surface area contributed by atoms with Gasteiger partial charge in [-0.1, -0.05) is 45.1 Å². The Morgan fingerprint density at radius 1 is 1.02 bits per heavy atom. The highest BCUT2D eigenvalue weighted by molar-refractivity contribution is 5.72. The van der Waals surface area contributed by atoms with Crippen molar-refractivity contribution in [1.29, 1.82) is 0 Å². The van der Waals surface area contributed by atoms with Crippen LogP contribution in [0.5, 0.6) is 0 Å². The maximum atomic E-state index is 13.2. The molecule has 16 atom stereocenters. The summed E-state index contributed by atoms with van der Waals surface area (Å²) in [4.78, 5) is 52.3. The van der Waals surface area contributed by atoms with Crippen LogP contribution in [-0.2, 0) is 57.1 Å². The third-order valence-corrected chi connectivity index (χ3v) is 10.9. The summed E-state index contributed by atoms with van der Waals surface area (Å²) in [5.41, 5.74) is -1.50. The predicted octanol–water partition coefficient (Wildman–Crippen LogP) is 3.01. The van der Waals surface area contributed by atoms with Crippen LogP contribution < -0.4 is 0 Å². The quantitative estimate of drug-likeness (QED) is 0.147. The molecule has 0 amide bonds. The van der Waals surface area contributed by atoms with Gasteiger partial charge in [0, 0.05) is 39.7 Å². The fourth-order valence-corrected chi connectivity index (χ4v) is 8.08. The third kappa shape index (κ3) is 14.2. The zero-order valence-electron chi connectivity index (χ0n) is 36.1. The average Bonchev–Trinajstić information content (AvgIpc) is 3.09. The Kier molecular flexibility index (Phi) is 19.4. The van der Waals surface area contributed by atoms with E-state index in [-0.39, 0.29) is 31.6 Å². The number of aliphatic hydroxyl groups excluding tert-OH is 2. The van der Waals surface area contributed by atoms with Crippen LogP contribution in [0.3, 0.4) is 0 Å². The smallest absolute Gasteiger partial charge is 0.309 e. The van der Waals surface area contributed by atoms with E-state index in [0.717, 1.165) is 0 Å². The van der Waals surface area contributed by atoms with Gasteiger partial charge in [0.15, 0.2) is 18.7 Å². The number of methoxy groups -OCH3 is 1. The summed E-state index contributed by atoms with van der Waals surface area (Å²) < 4.78 is 48.6. The lowest BCUT2D eigenvalue weighted by Crippen LogP contribution is -2.66. The van der Waals surface area contributed by atoms with E-state index in [1.165, 1.54) is 14.0 Å². The van der Waals surface area contributed by atoms with E-state index in [4.69, 9.17) is 37.9 Å². The van der Waals surface area contributed by atoms with Gasteiger partial charge in [0.2, 0.25) is 0 Å². The van der Waals surface area contributed by atoms with Gasteiger partial charge in [-0.2, -0.15) is 0 Å². The number of rotatable bonds is 12. The second-order valence-electron chi connectivity index (χ2n) is 17.0. The second-order valence-corrected chi connectivity index (χ2v) is 17.0. The van der Waals surface area contributed by atoms with Crippen LogP contribution in [0.1, 0.15) is 93.9 Å². The van der Waals surface area contributed by atoms with Crippen LogP contribution in [0.4, 0.5) is 0 Å². The van der Waals surface area contributed by atoms with Gasteiger partial charge in [-0.15, -0.1) is 0 Å². The molecule has 3 rings (SSSR count). The number of cyclic esters (lactones) is 1. The van der Waals surface area contributed by atoms with Crippen LogP contribution in [0, 0.1) is 17.8 Å². The van der Waals surface area contributed by atoms with Gasteiger partial charge < -0.3 is 62.9 Å². The van der Waals surface area contributed by atoms with E-state index >= 15 is 0 Å². The van der Waals surface area contributed by atoms with Crippen molar-refractivity contribution < 1.29 is 72.4 Å². The van der Waals surface area contributed by atoms with E-state index in [2.05, 4.69) is 0 Å². The van der Waals surface area contributed by atoms with Crippen LogP contribution >= 0.6 is 0 Å². The number of aliphatic hydroxyl groups is 3. The van der Waals surface area contributed by atoms with Crippen molar-refractivity contribution in [2.24, 2.45) is 17.8 Å². The van der Waals surface area contributed by atoms with Gasteiger partial charge in [-0.05, 0) is 66.0 Å². The lowest BCUT2D eigenvalue weighted by Gasteiger charge is -2.50. The summed E-state index contributed by atoms with van der Waals surface area (Å²) in [6.07, 6.45) is -4.11. The van der Waals surface area contributed by atoms with Crippen LogP contribution in [0.15, 0.2) is 24.3 Å². The van der Waals surface area contributed by atoms with Crippen LogP contribution in [0.2, 0.25) is 0 Å². The molecule has 3 heterocycles. The Labute approximate surface area is 343 Å². The summed E-state index contributed by atoms with van der Waals surface area (Å²) >= 11 is 0. The second kappa shape index (κ2) is 22.7. The van der Waals surface area contributed by atoms with Crippen molar-refractivity contribution in [2.45, 2.75) is 179 Å². The number of hydrogen-bond donors (Lipinski definition) is 3. The molecule has 0 saturated carbocycles. The Hall–Kier alpha value is -2.80. The molecular formula is C42H69NO15. The van der Waals surface area contributed by atoms with E-state index in [0.29, 0.717) is 12.7 Å². The van der Waals surface area contributed by atoms with E-state index < -0.39 is 121 Å². The highest BCUT2D eigenvalue weighted by atomic mass is 16.7. The number of carbonyl (C=O) groups excluding carboxylic acids is 4. The molecule has 3 N–H and O–H groups in total. The molecule has 3 aliphatic rings. The first kappa shape index (κ1) is 49.6.